The average molecular weight is 237 g/mol. The van der Waals surface area contributed by atoms with Crippen LogP contribution in [0, 0.1) is 12.7 Å². The molecule has 1 aromatic heterocycles. The Labute approximate surface area is 97.1 Å². The van der Waals surface area contributed by atoms with Gasteiger partial charge in [-0.1, -0.05) is 6.07 Å². The molecule has 3 N–H and O–H groups in total. The summed E-state index contributed by atoms with van der Waals surface area (Å²) in [5.41, 5.74) is 6.83. The van der Waals surface area contributed by atoms with Gasteiger partial charge in [-0.15, -0.1) is 11.3 Å². The highest BCUT2D eigenvalue weighted by atomic mass is 32.1. The Morgan fingerprint density at radius 3 is 2.81 bits per heavy atom. The molecule has 0 saturated carbocycles. The summed E-state index contributed by atoms with van der Waals surface area (Å²) in [6.45, 7) is 1.85. The number of thiazole rings is 1. The van der Waals surface area contributed by atoms with Gasteiger partial charge in [0, 0.05) is 5.38 Å². The molecule has 0 bridgehead atoms. The zero-order chi connectivity index (χ0) is 11.5. The lowest BCUT2D eigenvalue weighted by Crippen LogP contribution is -2.29. The summed E-state index contributed by atoms with van der Waals surface area (Å²) in [7, 11) is 0. The summed E-state index contributed by atoms with van der Waals surface area (Å²) in [4.78, 5) is 4.18. The van der Waals surface area contributed by atoms with E-state index in [1.807, 2.05) is 18.4 Å². The minimum absolute atomic E-state index is 0.259. The van der Waals surface area contributed by atoms with Crippen molar-refractivity contribution in [2.45, 2.75) is 13.0 Å². The molecule has 0 amide bonds. The molecular weight excluding hydrogens is 225 g/mol. The molecule has 0 aliphatic rings. The molecule has 16 heavy (non-hydrogen) atoms. The van der Waals surface area contributed by atoms with Gasteiger partial charge in [-0.2, -0.15) is 0 Å². The van der Waals surface area contributed by atoms with Gasteiger partial charge in [0.05, 0.1) is 17.2 Å². The highest BCUT2D eigenvalue weighted by Crippen LogP contribution is 2.22. The summed E-state index contributed by atoms with van der Waals surface area (Å²) < 4.78 is 13.3. The lowest BCUT2D eigenvalue weighted by atomic mass is 10.0. The standard InChI is InChI=1S/C11H12FN3S/c1-7-2-8(4-9(12)3-7)11(15-13)10-5-16-6-14-10/h2-6,11,15H,13H2,1H3. The number of hydrogen-bond acceptors (Lipinski definition) is 4. The first kappa shape index (κ1) is 11.2. The molecule has 3 nitrogen and oxygen atoms in total. The minimum Gasteiger partial charge on any atom is -0.271 e. The van der Waals surface area contributed by atoms with E-state index < -0.39 is 0 Å². The molecule has 1 unspecified atom stereocenters. The van der Waals surface area contributed by atoms with Crippen LogP contribution in [0.2, 0.25) is 0 Å². The van der Waals surface area contributed by atoms with Crippen LogP contribution in [0.1, 0.15) is 22.9 Å². The lowest BCUT2D eigenvalue weighted by Gasteiger charge is -2.14. The van der Waals surface area contributed by atoms with E-state index in [1.165, 1.54) is 23.5 Å². The van der Waals surface area contributed by atoms with Gasteiger partial charge in [-0.3, -0.25) is 5.84 Å². The first-order chi connectivity index (χ1) is 7.70. The number of nitrogens with one attached hydrogen (secondary N) is 1. The molecule has 0 saturated heterocycles. The Morgan fingerprint density at radius 1 is 1.44 bits per heavy atom. The number of hydrazine groups is 1. The van der Waals surface area contributed by atoms with Gasteiger partial charge in [-0.25, -0.2) is 14.8 Å². The second kappa shape index (κ2) is 4.69. The minimum atomic E-state index is -0.263. The summed E-state index contributed by atoms with van der Waals surface area (Å²) in [5.74, 6) is 5.23. The molecule has 0 fully saturated rings. The van der Waals surface area contributed by atoms with Gasteiger partial charge >= 0.3 is 0 Å². The number of aromatic nitrogens is 1. The Hall–Kier alpha value is -1.30. The molecule has 2 aromatic rings. The normalized spacial score (nSPS) is 12.7. The lowest BCUT2D eigenvalue weighted by molar-refractivity contribution is 0.598. The quantitative estimate of drug-likeness (QED) is 0.635. The van der Waals surface area contributed by atoms with E-state index in [9.17, 15) is 4.39 Å². The number of benzene rings is 1. The molecule has 5 heteroatoms. The Kier molecular flexibility index (Phi) is 3.28. The van der Waals surface area contributed by atoms with Gasteiger partial charge in [0.15, 0.2) is 0 Å². The third-order valence-corrected chi connectivity index (χ3v) is 2.92. The number of aryl methyl sites for hydroxylation is 1. The van der Waals surface area contributed by atoms with Crippen LogP contribution in [0.25, 0.3) is 0 Å². The number of halogens is 1. The van der Waals surface area contributed by atoms with Crippen LogP contribution in [0.5, 0.6) is 0 Å². The zero-order valence-corrected chi connectivity index (χ0v) is 9.59. The van der Waals surface area contributed by atoms with E-state index in [2.05, 4.69) is 10.4 Å². The van der Waals surface area contributed by atoms with Crippen LogP contribution in [-0.4, -0.2) is 4.98 Å². The summed E-state index contributed by atoms with van der Waals surface area (Å²) >= 11 is 1.49. The fraction of sp³-hybridized carbons (Fsp3) is 0.182. The van der Waals surface area contributed by atoms with Crippen molar-refractivity contribution in [1.29, 1.82) is 0 Å². The van der Waals surface area contributed by atoms with Crippen molar-refractivity contribution in [3.05, 3.63) is 51.7 Å². The molecule has 0 spiro atoms. The van der Waals surface area contributed by atoms with Crippen molar-refractivity contribution in [3.63, 3.8) is 0 Å². The van der Waals surface area contributed by atoms with Crippen LogP contribution in [0.3, 0.4) is 0 Å². The fourth-order valence-corrected chi connectivity index (χ4v) is 2.23. The monoisotopic (exact) mass is 237 g/mol. The number of rotatable bonds is 3. The van der Waals surface area contributed by atoms with Gasteiger partial charge in [-0.05, 0) is 30.2 Å². The molecule has 2 rings (SSSR count). The van der Waals surface area contributed by atoms with Crippen LogP contribution in [0.4, 0.5) is 4.39 Å². The number of hydrogen-bond donors (Lipinski definition) is 2. The smallest absolute Gasteiger partial charge is 0.123 e. The van der Waals surface area contributed by atoms with Gasteiger partial charge in [0.2, 0.25) is 0 Å². The van der Waals surface area contributed by atoms with Gasteiger partial charge in [0.1, 0.15) is 5.82 Å². The molecule has 1 aromatic carbocycles. The molecule has 84 valence electrons. The molecule has 0 aliphatic carbocycles. The molecular formula is C11H12FN3S. The van der Waals surface area contributed by atoms with Gasteiger partial charge in [0.25, 0.3) is 0 Å². The molecule has 0 aliphatic heterocycles. The van der Waals surface area contributed by atoms with E-state index in [0.717, 1.165) is 16.8 Å². The van der Waals surface area contributed by atoms with E-state index in [4.69, 9.17) is 5.84 Å². The maximum Gasteiger partial charge on any atom is 0.123 e. The summed E-state index contributed by atoms with van der Waals surface area (Å²) in [6, 6.07) is 4.59. The van der Waals surface area contributed by atoms with E-state index in [0.29, 0.717) is 0 Å². The second-order valence-corrected chi connectivity index (χ2v) is 4.29. The van der Waals surface area contributed by atoms with Crippen molar-refractivity contribution >= 4 is 11.3 Å². The highest BCUT2D eigenvalue weighted by molar-refractivity contribution is 7.07. The van der Waals surface area contributed by atoms with Crippen LogP contribution >= 0.6 is 11.3 Å². The summed E-state index contributed by atoms with van der Waals surface area (Å²) in [6.07, 6.45) is 0. The van der Waals surface area contributed by atoms with Crippen molar-refractivity contribution < 1.29 is 4.39 Å². The Morgan fingerprint density at radius 2 is 2.25 bits per heavy atom. The summed E-state index contributed by atoms with van der Waals surface area (Å²) in [5, 5.41) is 1.89. The molecule has 1 heterocycles. The Bertz CT molecular complexity index is 450. The molecule has 1 atom stereocenters. The van der Waals surface area contributed by atoms with Crippen molar-refractivity contribution in [2.75, 3.05) is 0 Å². The van der Waals surface area contributed by atoms with Crippen LogP contribution in [-0.2, 0) is 0 Å². The van der Waals surface area contributed by atoms with Crippen molar-refractivity contribution in [2.24, 2.45) is 5.84 Å². The predicted molar refractivity (Wildman–Crippen MR) is 62.4 cm³/mol. The van der Waals surface area contributed by atoms with E-state index >= 15 is 0 Å². The fourth-order valence-electron chi connectivity index (χ4n) is 1.65. The first-order valence-electron chi connectivity index (χ1n) is 4.82. The molecule has 0 radical (unpaired) electrons. The average Bonchev–Trinajstić information content (AvgIpc) is 2.70. The van der Waals surface area contributed by atoms with Gasteiger partial charge < -0.3 is 0 Å². The third kappa shape index (κ3) is 2.27. The Balaban J connectivity index is 2.41. The third-order valence-electron chi connectivity index (χ3n) is 2.31. The maximum absolute atomic E-state index is 13.3. The highest BCUT2D eigenvalue weighted by Gasteiger charge is 2.15. The van der Waals surface area contributed by atoms with E-state index in [1.54, 1.807) is 5.51 Å². The SMILES string of the molecule is Cc1cc(F)cc(C(NN)c2cscn2)c1. The number of nitrogens with two attached hydrogens (primary N) is 1. The largest absolute Gasteiger partial charge is 0.271 e. The topological polar surface area (TPSA) is 50.9 Å². The zero-order valence-electron chi connectivity index (χ0n) is 8.77. The maximum atomic E-state index is 13.3. The van der Waals surface area contributed by atoms with Crippen molar-refractivity contribution in [1.82, 2.24) is 10.4 Å². The predicted octanol–water partition coefficient (Wildman–Crippen LogP) is 2.14. The van der Waals surface area contributed by atoms with Crippen molar-refractivity contribution in [3.8, 4) is 0 Å². The number of nitrogens with zero attached hydrogens (tertiary/aromatic N) is 1. The van der Waals surface area contributed by atoms with Crippen LogP contribution in [0.15, 0.2) is 29.1 Å². The van der Waals surface area contributed by atoms with E-state index in [-0.39, 0.29) is 11.9 Å². The first-order valence-corrected chi connectivity index (χ1v) is 5.76. The van der Waals surface area contributed by atoms with Crippen LogP contribution < -0.4 is 11.3 Å². The second-order valence-electron chi connectivity index (χ2n) is 3.57.